The molecule has 0 radical (unpaired) electrons. The van der Waals surface area contributed by atoms with Crippen LogP contribution in [0.2, 0.25) is 5.15 Å². The van der Waals surface area contributed by atoms with E-state index in [2.05, 4.69) is 9.98 Å². The summed E-state index contributed by atoms with van der Waals surface area (Å²) in [6, 6.07) is 1.66. The summed E-state index contributed by atoms with van der Waals surface area (Å²) in [4.78, 5) is 19.0. The number of nitrogens with zero attached hydrogens (tertiary/aromatic N) is 2. The second-order valence-electron chi connectivity index (χ2n) is 4.61. The first kappa shape index (κ1) is 14.5. The zero-order chi connectivity index (χ0) is 14.5. The maximum absolute atomic E-state index is 10.9. The van der Waals surface area contributed by atoms with Gasteiger partial charge in [-0.25, -0.2) is 4.98 Å². The number of Topliss-reactive ketones (excluding diaryl/α,β-unsaturated/α-hetero) is 1. The highest BCUT2D eigenvalue weighted by molar-refractivity contribution is 6.29. The second-order valence-corrected chi connectivity index (χ2v) is 5.00. The van der Waals surface area contributed by atoms with Crippen LogP contribution in [0.1, 0.15) is 25.3 Å². The van der Waals surface area contributed by atoms with Gasteiger partial charge in [0.15, 0.2) is 5.78 Å². The first-order chi connectivity index (χ1) is 9.60. The lowest BCUT2D eigenvalue weighted by Gasteiger charge is -2.11. The van der Waals surface area contributed by atoms with Gasteiger partial charge in [-0.05, 0) is 19.8 Å². The average molecular weight is 294 g/mol. The molecule has 1 aliphatic carbocycles. The van der Waals surface area contributed by atoms with E-state index >= 15 is 0 Å². The molecule has 0 bridgehead atoms. The number of pyridine rings is 1. The number of carbonyl (C=O) groups excluding carboxylic acids is 1. The Balaban J connectivity index is 2.23. The van der Waals surface area contributed by atoms with Crippen LogP contribution in [0.25, 0.3) is 5.57 Å². The number of rotatable bonds is 6. The average Bonchev–Trinajstić information content (AvgIpc) is 3.19. The third-order valence-electron chi connectivity index (χ3n) is 2.69. The molecule has 2 rings (SSSR count). The predicted molar refractivity (Wildman–Crippen MR) is 79.1 cm³/mol. The largest absolute Gasteiger partial charge is 0.490 e. The van der Waals surface area contributed by atoms with Crippen molar-refractivity contribution in [3.05, 3.63) is 29.2 Å². The number of carbonyl (C=O) groups is 1. The molecule has 0 atom stereocenters. The van der Waals surface area contributed by atoms with Crippen molar-refractivity contribution in [3.8, 4) is 5.75 Å². The molecule has 0 aromatic carbocycles. The standard InChI is InChI=1S/C14H16ClN3O2/c1-9(19)6-17-7-10(5-16)12-8-18-14(15)4-13(12)20-11-2-3-11/h4-5,7-8,11H,2-3,6,16H2,1H3/b10-5+,17-7?. The van der Waals surface area contributed by atoms with E-state index in [1.54, 1.807) is 18.5 Å². The van der Waals surface area contributed by atoms with Gasteiger partial charge in [-0.15, -0.1) is 0 Å². The van der Waals surface area contributed by atoms with Gasteiger partial charge in [-0.1, -0.05) is 11.6 Å². The molecule has 0 aliphatic heterocycles. The normalized spacial score (nSPS) is 15.6. The van der Waals surface area contributed by atoms with Crippen molar-refractivity contribution < 1.29 is 9.53 Å². The van der Waals surface area contributed by atoms with Crippen molar-refractivity contribution in [2.75, 3.05) is 6.54 Å². The third-order valence-corrected chi connectivity index (χ3v) is 2.89. The first-order valence-corrected chi connectivity index (χ1v) is 6.71. The quantitative estimate of drug-likeness (QED) is 0.644. The smallest absolute Gasteiger partial charge is 0.151 e. The highest BCUT2D eigenvalue weighted by Crippen LogP contribution is 2.32. The van der Waals surface area contributed by atoms with Gasteiger partial charge in [0.2, 0.25) is 0 Å². The van der Waals surface area contributed by atoms with E-state index in [4.69, 9.17) is 22.1 Å². The Hall–Kier alpha value is -1.88. The summed E-state index contributed by atoms with van der Waals surface area (Å²) >= 11 is 5.89. The van der Waals surface area contributed by atoms with E-state index in [9.17, 15) is 4.79 Å². The minimum Gasteiger partial charge on any atom is -0.490 e. The highest BCUT2D eigenvalue weighted by atomic mass is 35.5. The molecule has 0 amide bonds. The number of hydrogen-bond acceptors (Lipinski definition) is 5. The molecular weight excluding hydrogens is 278 g/mol. The number of allylic oxidation sites excluding steroid dienone is 1. The molecule has 5 nitrogen and oxygen atoms in total. The second kappa shape index (κ2) is 6.52. The summed E-state index contributed by atoms with van der Waals surface area (Å²) in [5.41, 5.74) is 6.98. The van der Waals surface area contributed by atoms with Crippen LogP contribution in [0, 0.1) is 0 Å². The maximum Gasteiger partial charge on any atom is 0.151 e. The number of nitrogens with two attached hydrogens (primary N) is 1. The number of halogens is 1. The molecule has 20 heavy (non-hydrogen) atoms. The molecule has 0 saturated heterocycles. The summed E-state index contributed by atoms with van der Waals surface area (Å²) in [6.07, 6.45) is 6.87. The van der Waals surface area contributed by atoms with Crippen molar-refractivity contribution in [2.45, 2.75) is 25.9 Å². The minimum absolute atomic E-state index is 0.0127. The number of ether oxygens (including phenoxy) is 1. The van der Waals surface area contributed by atoms with E-state index < -0.39 is 0 Å². The summed E-state index contributed by atoms with van der Waals surface area (Å²) < 4.78 is 5.80. The number of aromatic nitrogens is 1. The first-order valence-electron chi connectivity index (χ1n) is 6.34. The van der Waals surface area contributed by atoms with Gasteiger partial charge >= 0.3 is 0 Å². The van der Waals surface area contributed by atoms with E-state index in [-0.39, 0.29) is 18.4 Å². The Bertz CT molecular complexity index is 566. The molecular formula is C14H16ClN3O2. The van der Waals surface area contributed by atoms with Crippen molar-refractivity contribution in [1.82, 2.24) is 4.98 Å². The fraction of sp³-hybridized carbons (Fsp3) is 0.357. The number of ketones is 1. The molecule has 1 fully saturated rings. The van der Waals surface area contributed by atoms with Crippen LogP contribution in [0.4, 0.5) is 0 Å². The molecule has 1 saturated carbocycles. The van der Waals surface area contributed by atoms with Crippen molar-refractivity contribution >= 4 is 29.2 Å². The van der Waals surface area contributed by atoms with Gasteiger partial charge in [0, 0.05) is 35.8 Å². The molecule has 1 aliphatic rings. The number of hydrogen-bond donors (Lipinski definition) is 1. The Morgan fingerprint density at radius 2 is 2.40 bits per heavy atom. The van der Waals surface area contributed by atoms with Crippen molar-refractivity contribution in [1.29, 1.82) is 0 Å². The SMILES string of the molecule is CC(=O)CN=C/C(=C\N)c1cnc(Cl)cc1OC1CC1. The van der Waals surface area contributed by atoms with Gasteiger partial charge in [0.1, 0.15) is 10.9 Å². The molecule has 1 aromatic heterocycles. The van der Waals surface area contributed by atoms with E-state index in [0.717, 1.165) is 18.4 Å². The van der Waals surface area contributed by atoms with Crippen molar-refractivity contribution in [3.63, 3.8) is 0 Å². The van der Waals surface area contributed by atoms with Gasteiger partial charge in [-0.2, -0.15) is 0 Å². The summed E-state index contributed by atoms with van der Waals surface area (Å²) in [5.74, 6) is 0.625. The zero-order valence-corrected chi connectivity index (χ0v) is 11.9. The fourth-order valence-corrected chi connectivity index (χ4v) is 1.72. The molecule has 106 valence electrons. The van der Waals surface area contributed by atoms with Gasteiger partial charge < -0.3 is 10.5 Å². The van der Waals surface area contributed by atoms with Gasteiger partial charge in [0.25, 0.3) is 0 Å². The van der Waals surface area contributed by atoms with Crippen molar-refractivity contribution in [2.24, 2.45) is 10.7 Å². The molecule has 1 heterocycles. The maximum atomic E-state index is 10.9. The fourth-order valence-electron chi connectivity index (χ4n) is 1.57. The predicted octanol–water partition coefficient (Wildman–Crippen LogP) is 2.24. The number of aliphatic imine (C=N–C) groups is 1. The van der Waals surface area contributed by atoms with Crippen LogP contribution in [0.3, 0.4) is 0 Å². The molecule has 0 spiro atoms. The molecule has 0 unspecified atom stereocenters. The van der Waals surface area contributed by atoms with Crippen LogP contribution < -0.4 is 10.5 Å². The van der Waals surface area contributed by atoms with E-state index in [1.165, 1.54) is 13.1 Å². The molecule has 1 aromatic rings. The summed E-state index contributed by atoms with van der Waals surface area (Å²) in [6.45, 7) is 1.60. The highest BCUT2D eigenvalue weighted by Gasteiger charge is 2.25. The zero-order valence-electron chi connectivity index (χ0n) is 11.2. The monoisotopic (exact) mass is 293 g/mol. The third kappa shape index (κ3) is 4.06. The Morgan fingerprint density at radius 3 is 3.00 bits per heavy atom. The topological polar surface area (TPSA) is 77.6 Å². The Morgan fingerprint density at radius 1 is 1.65 bits per heavy atom. The lowest BCUT2D eigenvalue weighted by molar-refractivity contribution is -0.115. The Labute approximate surface area is 122 Å². The van der Waals surface area contributed by atoms with Crippen LogP contribution >= 0.6 is 11.6 Å². The van der Waals surface area contributed by atoms with E-state index in [1.807, 2.05) is 0 Å². The van der Waals surface area contributed by atoms with Gasteiger partial charge in [0.05, 0.1) is 12.6 Å². The van der Waals surface area contributed by atoms with Crippen LogP contribution in [0.5, 0.6) is 5.75 Å². The Kier molecular flexibility index (Phi) is 4.74. The van der Waals surface area contributed by atoms with Crippen LogP contribution in [0.15, 0.2) is 23.5 Å². The lowest BCUT2D eigenvalue weighted by Crippen LogP contribution is -2.03. The molecule has 2 N–H and O–H groups in total. The van der Waals surface area contributed by atoms with Crippen LogP contribution in [-0.2, 0) is 4.79 Å². The summed E-state index contributed by atoms with van der Waals surface area (Å²) in [5, 5.41) is 0.362. The summed E-state index contributed by atoms with van der Waals surface area (Å²) in [7, 11) is 0. The van der Waals surface area contributed by atoms with E-state index in [0.29, 0.717) is 16.5 Å². The lowest BCUT2D eigenvalue weighted by atomic mass is 10.1. The minimum atomic E-state index is -0.0127. The van der Waals surface area contributed by atoms with Gasteiger partial charge in [-0.3, -0.25) is 9.79 Å². The van der Waals surface area contributed by atoms with Crippen LogP contribution in [-0.4, -0.2) is 29.6 Å². The molecule has 6 heteroatoms.